The van der Waals surface area contributed by atoms with Crippen molar-refractivity contribution < 1.29 is 13.2 Å². The van der Waals surface area contributed by atoms with Crippen molar-refractivity contribution in [3.8, 4) is 0 Å². The molecule has 7 nitrogen and oxygen atoms in total. The third-order valence-electron chi connectivity index (χ3n) is 4.36. The Morgan fingerprint density at radius 2 is 2.12 bits per heavy atom. The third-order valence-corrected chi connectivity index (χ3v) is 5.63. The topological polar surface area (TPSA) is 75.5 Å². The van der Waals surface area contributed by atoms with Crippen LogP contribution in [0.4, 0.5) is 5.69 Å². The Balaban J connectivity index is 1.83. The fourth-order valence-corrected chi connectivity index (χ4v) is 4.62. The molecule has 3 rings (SSSR count). The Morgan fingerprint density at radius 1 is 1.40 bits per heavy atom. The number of sulfonamides is 1. The molecule has 1 aliphatic heterocycles. The summed E-state index contributed by atoms with van der Waals surface area (Å²) in [5.74, 6) is -0.0999. The summed E-state index contributed by atoms with van der Waals surface area (Å²) in [6.45, 7) is 2.34. The second-order valence-corrected chi connectivity index (χ2v) is 8.50. The predicted octanol–water partition coefficient (Wildman–Crippen LogP) is 1.40. The number of aromatic nitrogens is 2. The van der Waals surface area contributed by atoms with Gasteiger partial charge in [-0.25, -0.2) is 8.42 Å². The van der Waals surface area contributed by atoms with Crippen LogP contribution in [-0.2, 0) is 30.0 Å². The highest BCUT2D eigenvalue weighted by Crippen LogP contribution is 2.34. The van der Waals surface area contributed by atoms with Gasteiger partial charge in [-0.05, 0) is 37.1 Å². The first-order valence-corrected chi connectivity index (χ1v) is 9.87. The molecule has 0 saturated carbocycles. The van der Waals surface area contributed by atoms with Gasteiger partial charge < -0.3 is 4.90 Å². The smallest absolute Gasteiger partial charge is 0.253 e. The Bertz CT molecular complexity index is 920. The van der Waals surface area contributed by atoms with Gasteiger partial charge in [0.2, 0.25) is 10.0 Å². The largest absolute Gasteiger partial charge is 0.337 e. The molecule has 2 heterocycles. The number of fused-ring (bicyclic) bond motifs is 1. The van der Waals surface area contributed by atoms with Crippen LogP contribution < -0.4 is 4.31 Å². The average Bonchev–Trinajstić information content (AvgIpc) is 3.06. The number of hydrogen-bond donors (Lipinski definition) is 0. The summed E-state index contributed by atoms with van der Waals surface area (Å²) in [5.41, 5.74) is 3.07. The molecule has 1 amide bonds. The molecule has 134 valence electrons. The van der Waals surface area contributed by atoms with Gasteiger partial charge in [-0.1, -0.05) is 0 Å². The van der Waals surface area contributed by atoms with Crippen molar-refractivity contribution in [1.29, 1.82) is 0 Å². The lowest BCUT2D eigenvalue weighted by Crippen LogP contribution is -2.34. The van der Waals surface area contributed by atoms with Gasteiger partial charge in [0.15, 0.2) is 0 Å². The lowest BCUT2D eigenvalue weighted by atomic mass is 10.1. The highest BCUT2D eigenvalue weighted by Gasteiger charge is 2.33. The summed E-state index contributed by atoms with van der Waals surface area (Å²) < 4.78 is 27.1. The Morgan fingerprint density at radius 3 is 2.72 bits per heavy atom. The molecule has 0 spiro atoms. The monoisotopic (exact) mass is 362 g/mol. The fraction of sp³-hybridized carbons (Fsp3) is 0.412. The van der Waals surface area contributed by atoms with Crippen molar-refractivity contribution in [2.45, 2.75) is 25.9 Å². The third kappa shape index (κ3) is 3.39. The number of carbonyl (C=O) groups is 1. The van der Waals surface area contributed by atoms with Gasteiger partial charge in [-0.15, -0.1) is 0 Å². The molecule has 0 aliphatic carbocycles. The van der Waals surface area contributed by atoms with E-state index in [1.54, 1.807) is 41.0 Å². The lowest BCUT2D eigenvalue weighted by Gasteiger charge is -2.22. The van der Waals surface area contributed by atoms with Crippen molar-refractivity contribution in [2.75, 3.05) is 17.6 Å². The van der Waals surface area contributed by atoms with Crippen molar-refractivity contribution >= 4 is 21.6 Å². The molecular formula is C17H22N4O3S. The van der Waals surface area contributed by atoms with E-state index < -0.39 is 10.0 Å². The predicted molar refractivity (Wildman–Crippen MR) is 95.9 cm³/mol. The maximum absolute atomic E-state index is 12.7. The number of rotatable bonds is 4. The second-order valence-electron chi connectivity index (χ2n) is 6.64. The van der Waals surface area contributed by atoms with Crippen LogP contribution in [0.3, 0.4) is 0 Å². The number of hydrogen-bond acceptors (Lipinski definition) is 4. The number of anilines is 1. The van der Waals surface area contributed by atoms with E-state index in [1.807, 2.05) is 20.2 Å². The molecule has 0 bridgehead atoms. The molecule has 1 unspecified atom stereocenters. The zero-order valence-electron chi connectivity index (χ0n) is 14.8. The molecular weight excluding hydrogens is 340 g/mol. The van der Waals surface area contributed by atoms with E-state index in [0.29, 0.717) is 24.2 Å². The second kappa shape index (κ2) is 6.18. The quantitative estimate of drug-likeness (QED) is 0.824. The maximum atomic E-state index is 12.7. The zero-order valence-corrected chi connectivity index (χ0v) is 15.6. The minimum Gasteiger partial charge on any atom is -0.337 e. The molecule has 1 aromatic heterocycles. The highest BCUT2D eigenvalue weighted by atomic mass is 32.2. The van der Waals surface area contributed by atoms with Crippen molar-refractivity contribution in [3.63, 3.8) is 0 Å². The number of benzene rings is 1. The molecule has 0 saturated heterocycles. The van der Waals surface area contributed by atoms with Crippen LogP contribution in [0, 0.1) is 0 Å². The van der Waals surface area contributed by atoms with Crippen LogP contribution in [-0.4, -0.2) is 48.4 Å². The molecule has 1 atom stereocenters. The SMILES string of the molecule is CC1Cc2cc(C(=O)N(C)Cc3cnn(C)c3)ccc2N1S(C)(=O)=O. The van der Waals surface area contributed by atoms with Crippen LogP contribution in [0.5, 0.6) is 0 Å². The molecule has 25 heavy (non-hydrogen) atoms. The normalized spacial score (nSPS) is 16.8. The summed E-state index contributed by atoms with van der Waals surface area (Å²) in [6.07, 6.45) is 5.42. The van der Waals surface area contributed by atoms with Crippen LogP contribution in [0.2, 0.25) is 0 Å². The van der Waals surface area contributed by atoms with Crippen LogP contribution >= 0.6 is 0 Å². The summed E-state index contributed by atoms with van der Waals surface area (Å²) in [4.78, 5) is 14.3. The van der Waals surface area contributed by atoms with Gasteiger partial charge in [0.1, 0.15) is 0 Å². The summed E-state index contributed by atoms with van der Waals surface area (Å²) >= 11 is 0. The Hall–Kier alpha value is -2.35. The average molecular weight is 362 g/mol. The number of carbonyl (C=O) groups excluding carboxylic acids is 1. The number of nitrogens with zero attached hydrogens (tertiary/aromatic N) is 4. The molecule has 1 aromatic carbocycles. The van der Waals surface area contributed by atoms with Crippen molar-refractivity contribution in [3.05, 3.63) is 47.3 Å². The van der Waals surface area contributed by atoms with Crippen molar-refractivity contribution in [2.24, 2.45) is 7.05 Å². The minimum atomic E-state index is -3.32. The maximum Gasteiger partial charge on any atom is 0.253 e. The van der Waals surface area contributed by atoms with Gasteiger partial charge in [-0.2, -0.15) is 5.10 Å². The van der Waals surface area contributed by atoms with E-state index in [1.165, 1.54) is 10.6 Å². The van der Waals surface area contributed by atoms with E-state index in [4.69, 9.17) is 0 Å². The van der Waals surface area contributed by atoms with Crippen molar-refractivity contribution in [1.82, 2.24) is 14.7 Å². The number of aryl methyl sites for hydroxylation is 1. The minimum absolute atomic E-state index is 0.0999. The fourth-order valence-electron chi connectivity index (χ4n) is 3.36. The Labute approximate surface area is 147 Å². The molecule has 2 aromatic rings. The van der Waals surface area contributed by atoms with Gasteiger partial charge in [0, 0.05) is 44.0 Å². The first-order chi connectivity index (χ1) is 11.7. The standard InChI is InChI=1S/C17H22N4O3S/c1-12-7-15-8-14(5-6-16(15)21(12)25(4,23)24)17(22)19(2)10-13-9-18-20(3)11-13/h5-6,8-9,11-12H,7,10H2,1-4H3. The van der Waals surface area contributed by atoms with Gasteiger partial charge in [-0.3, -0.25) is 13.8 Å². The molecule has 8 heteroatoms. The van der Waals surface area contributed by atoms with Gasteiger partial charge >= 0.3 is 0 Å². The molecule has 1 aliphatic rings. The van der Waals surface area contributed by atoms with E-state index in [2.05, 4.69) is 5.10 Å². The lowest BCUT2D eigenvalue weighted by molar-refractivity contribution is 0.0785. The Kier molecular flexibility index (Phi) is 4.32. The number of amides is 1. The highest BCUT2D eigenvalue weighted by molar-refractivity contribution is 7.92. The van der Waals surface area contributed by atoms with E-state index >= 15 is 0 Å². The van der Waals surface area contributed by atoms with E-state index in [9.17, 15) is 13.2 Å². The summed E-state index contributed by atoms with van der Waals surface area (Å²) in [6, 6.07) is 5.09. The molecule has 0 N–H and O–H groups in total. The van der Waals surface area contributed by atoms with Crippen LogP contribution in [0.15, 0.2) is 30.6 Å². The van der Waals surface area contributed by atoms with E-state index in [0.717, 1.165) is 11.1 Å². The van der Waals surface area contributed by atoms with Crippen LogP contribution in [0.25, 0.3) is 0 Å². The summed E-state index contributed by atoms with van der Waals surface area (Å²) in [7, 11) is 0.254. The summed E-state index contributed by atoms with van der Waals surface area (Å²) in [5, 5.41) is 4.10. The zero-order chi connectivity index (χ0) is 18.4. The molecule has 0 fully saturated rings. The molecule has 0 radical (unpaired) electrons. The van der Waals surface area contributed by atoms with E-state index in [-0.39, 0.29) is 11.9 Å². The van der Waals surface area contributed by atoms with Crippen LogP contribution in [0.1, 0.15) is 28.4 Å². The van der Waals surface area contributed by atoms with Gasteiger partial charge in [0.25, 0.3) is 5.91 Å². The first-order valence-electron chi connectivity index (χ1n) is 8.02. The van der Waals surface area contributed by atoms with Gasteiger partial charge in [0.05, 0.1) is 18.1 Å². The first kappa shape index (κ1) is 17.5.